The quantitative estimate of drug-likeness (QED) is 0.562. The number of rotatable bonds is 2. The molecule has 1 unspecified atom stereocenters. The third-order valence-corrected chi connectivity index (χ3v) is 3.09. The first-order chi connectivity index (χ1) is 5.36. The van der Waals surface area contributed by atoms with Gasteiger partial charge in [-0.25, -0.2) is 0 Å². The minimum absolute atomic E-state index is 0.827. The summed E-state index contributed by atoms with van der Waals surface area (Å²) in [5.74, 6) is 0.827. The minimum Gasteiger partial charge on any atom is -0.0739 e. The monoisotopic (exact) mass is 148 g/mol. The van der Waals surface area contributed by atoms with Crippen LogP contribution in [0.2, 0.25) is 0 Å². The molecule has 1 atom stereocenters. The Bertz CT molecular complexity index is 230. The molecular weight excluding hydrogens is 132 g/mol. The second-order valence-corrected chi connectivity index (χ2v) is 3.56. The highest BCUT2D eigenvalue weighted by atomic mass is 14.3. The molecule has 2 rings (SSSR count). The van der Waals surface area contributed by atoms with E-state index in [9.17, 15) is 0 Å². The maximum atomic E-state index is 2.50. The first-order valence-corrected chi connectivity index (χ1v) is 4.79. The Morgan fingerprint density at radius 3 is 2.45 bits per heavy atom. The molecule has 0 amide bonds. The van der Waals surface area contributed by atoms with Crippen LogP contribution in [0.1, 0.15) is 39.5 Å². The molecule has 0 aliphatic heterocycles. The lowest BCUT2D eigenvalue weighted by atomic mass is 9.82. The largest absolute Gasteiger partial charge is 0.0739 e. The van der Waals surface area contributed by atoms with Crippen LogP contribution in [0.4, 0.5) is 0 Å². The van der Waals surface area contributed by atoms with Crippen LogP contribution in [0.5, 0.6) is 0 Å². The molecule has 11 heavy (non-hydrogen) atoms. The van der Waals surface area contributed by atoms with Crippen LogP contribution in [0.25, 0.3) is 0 Å². The second kappa shape index (κ2) is 2.51. The molecule has 0 bridgehead atoms. The molecular formula is C11H16. The van der Waals surface area contributed by atoms with Crippen molar-refractivity contribution in [3.05, 3.63) is 22.8 Å². The molecule has 0 aromatic carbocycles. The van der Waals surface area contributed by atoms with Crippen LogP contribution in [0, 0.1) is 5.92 Å². The van der Waals surface area contributed by atoms with Crippen molar-refractivity contribution in [3.8, 4) is 0 Å². The van der Waals surface area contributed by atoms with E-state index in [1.165, 1.54) is 25.7 Å². The van der Waals surface area contributed by atoms with Gasteiger partial charge in [0.25, 0.3) is 0 Å². The predicted octanol–water partition coefficient (Wildman–Crippen LogP) is 3.45. The molecule has 0 aromatic rings. The molecule has 0 fully saturated rings. The third kappa shape index (κ3) is 0.885. The van der Waals surface area contributed by atoms with Gasteiger partial charge in [-0.3, -0.25) is 0 Å². The van der Waals surface area contributed by atoms with E-state index >= 15 is 0 Å². The van der Waals surface area contributed by atoms with Crippen LogP contribution in [0.15, 0.2) is 22.8 Å². The minimum atomic E-state index is 0.827. The van der Waals surface area contributed by atoms with Crippen molar-refractivity contribution >= 4 is 0 Å². The first-order valence-electron chi connectivity index (χ1n) is 4.79. The van der Waals surface area contributed by atoms with Gasteiger partial charge in [0, 0.05) is 0 Å². The van der Waals surface area contributed by atoms with Gasteiger partial charge in [0.15, 0.2) is 0 Å². The van der Waals surface area contributed by atoms with Crippen molar-refractivity contribution in [2.24, 2.45) is 5.92 Å². The molecule has 2 aliphatic rings. The molecule has 0 saturated heterocycles. The average Bonchev–Trinajstić information content (AvgIpc) is 2.21. The van der Waals surface area contributed by atoms with Crippen molar-refractivity contribution < 1.29 is 0 Å². The summed E-state index contributed by atoms with van der Waals surface area (Å²) in [4.78, 5) is 0. The van der Waals surface area contributed by atoms with Crippen LogP contribution >= 0.6 is 0 Å². The predicted molar refractivity (Wildman–Crippen MR) is 48.4 cm³/mol. The highest BCUT2D eigenvalue weighted by Gasteiger charge is 2.29. The number of hydrogen-bond donors (Lipinski definition) is 0. The van der Waals surface area contributed by atoms with Crippen LogP contribution in [0.3, 0.4) is 0 Å². The molecule has 2 aliphatic carbocycles. The van der Waals surface area contributed by atoms with E-state index in [1.807, 2.05) is 0 Å². The lowest BCUT2D eigenvalue weighted by Crippen LogP contribution is -2.06. The Balaban J connectivity index is 2.25. The maximum absolute atomic E-state index is 2.50. The van der Waals surface area contributed by atoms with E-state index < -0.39 is 0 Å². The van der Waals surface area contributed by atoms with E-state index in [1.54, 1.807) is 16.7 Å². The number of allylic oxidation sites excluding steroid dienone is 4. The fourth-order valence-electron chi connectivity index (χ4n) is 2.31. The van der Waals surface area contributed by atoms with Gasteiger partial charge in [0.1, 0.15) is 0 Å². The van der Waals surface area contributed by atoms with E-state index in [4.69, 9.17) is 0 Å². The Kier molecular flexibility index (Phi) is 1.63. The van der Waals surface area contributed by atoms with E-state index in [0.717, 1.165) is 5.92 Å². The van der Waals surface area contributed by atoms with E-state index in [0.29, 0.717) is 0 Å². The van der Waals surface area contributed by atoms with Gasteiger partial charge in [0.05, 0.1) is 0 Å². The van der Waals surface area contributed by atoms with Gasteiger partial charge in [-0.05, 0) is 42.7 Å². The van der Waals surface area contributed by atoms with Crippen molar-refractivity contribution in [2.45, 2.75) is 39.5 Å². The fourth-order valence-corrected chi connectivity index (χ4v) is 2.31. The number of hydrogen-bond acceptors (Lipinski definition) is 0. The highest BCUT2D eigenvalue weighted by molar-refractivity contribution is 5.50. The van der Waals surface area contributed by atoms with Gasteiger partial charge >= 0.3 is 0 Å². The summed E-state index contributed by atoms with van der Waals surface area (Å²) in [5, 5.41) is 0. The lowest BCUT2D eigenvalue weighted by Gasteiger charge is -2.22. The Morgan fingerprint density at radius 1 is 1.36 bits per heavy atom. The van der Waals surface area contributed by atoms with Crippen molar-refractivity contribution in [1.82, 2.24) is 0 Å². The Labute approximate surface area is 69.0 Å². The summed E-state index contributed by atoms with van der Waals surface area (Å²) in [5.41, 5.74) is 5.14. The Hall–Kier alpha value is -0.520. The third-order valence-electron chi connectivity index (χ3n) is 3.09. The molecule has 0 N–H and O–H groups in total. The molecule has 0 nitrogen and oxygen atoms in total. The lowest BCUT2D eigenvalue weighted by molar-refractivity contribution is 0.651. The zero-order valence-electron chi connectivity index (χ0n) is 7.48. The van der Waals surface area contributed by atoms with E-state index in [-0.39, 0.29) is 0 Å². The SMILES string of the molecule is CCC1=CC(CC)C2=C1CC2. The van der Waals surface area contributed by atoms with Crippen LogP contribution < -0.4 is 0 Å². The van der Waals surface area contributed by atoms with Gasteiger partial charge in [0.2, 0.25) is 0 Å². The first kappa shape index (κ1) is 7.15. The molecule has 0 radical (unpaired) electrons. The van der Waals surface area contributed by atoms with Crippen LogP contribution in [-0.2, 0) is 0 Å². The second-order valence-electron chi connectivity index (χ2n) is 3.56. The summed E-state index contributed by atoms with van der Waals surface area (Å²) < 4.78 is 0. The van der Waals surface area contributed by atoms with Gasteiger partial charge in [-0.2, -0.15) is 0 Å². The van der Waals surface area contributed by atoms with Gasteiger partial charge in [-0.15, -0.1) is 0 Å². The summed E-state index contributed by atoms with van der Waals surface area (Å²) in [6, 6.07) is 0. The summed E-state index contributed by atoms with van der Waals surface area (Å²) in [6.07, 6.45) is 7.80. The van der Waals surface area contributed by atoms with Gasteiger partial charge in [-0.1, -0.05) is 25.5 Å². The summed E-state index contributed by atoms with van der Waals surface area (Å²) >= 11 is 0. The van der Waals surface area contributed by atoms with Crippen molar-refractivity contribution in [3.63, 3.8) is 0 Å². The molecule has 0 saturated carbocycles. The summed E-state index contributed by atoms with van der Waals surface area (Å²) in [7, 11) is 0. The zero-order valence-corrected chi connectivity index (χ0v) is 7.48. The maximum Gasteiger partial charge on any atom is -0.00139 e. The molecule has 0 spiro atoms. The van der Waals surface area contributed by atoms with E-state index in [2.05, 4.69) is 19.9 Å². The average molecular weight is 148 g/mol. The van der Waals surface area contributed by atoms with Crippen molar-refractivity contribution in [2.75, 3.05) is 0 Å². The Morgan fingerprint density at radius 2 is 2.18 bits per heavy atom. The summed E-state index contributed by atoms with van der Waals surface area (Å²) in [6.45, 7) is 4.57. The smallest absolute Gasteiger partial charge is 0.00139 e. The molecule has 0 heteroatoms. The normalized spacial score (nSPS) is 28.2. The zero-order chi connectivity index (χ0) is 7.84. The van der Waals surface area contributed by atoms with Crippen molar-refractivity contribution in [1.29, 1.82) is 0 Å². The highest BCUT2D eigenvalue weighted by Crippen LogP contribution is 2.46. The molecule has 0 aromatic heterocycles. The van der Waals surface area contributed by atoms with Gasteiger partial charge < -0.3 is 0 Å². The fraction of sp³-hybridized carbons (Fsp3) is 0.636. The molecule has 0 heterocycles. The topological polar surface area (TPSA) is 0 Å². The standard InChI is InChI=1S/C11H16/c1-3-8-7-9(4-2)11-6-5-10(8)11/h7-8H,3-6H2,1-2H3. The van der Waals surface area contributed by atoms with Crippen LogP contribution in [-0.4, -0.2) is 0 Å². The molecule has 60 valence electrons.